The van der Waals surface area contributed by atoms with Crippen LogP contribution in [0.1, 0.15) is 18.0 Å². The summed E-state index contributed by atoms with van der Waals surface area (Å²) in [6.45, 7) is 0.788. The second-order valence-corrected chi connectivity index (χ2v) is 3.58. The van der Waals surface area contributed by atoms with Crippen LogP contribution in [-0.4, -0.2) is 17.6 Å². The van der Waals surface area contributed by atoms with Crippen molar-refractivity contribution >= 4 is 5.97 Å². The number of hydrogen-bond acceptors (Lipinski definition) is 2. The van der Waals surface area contributed by atoms with Gasteiger partial charge in [0.05, 0.1) is 5.92 Å². The highest BCUT2D eigenvalue weighted by atomic mass is 16.4. The first-order valence-corrected chi connectivity index (χ1v) is 4.80. The van der Waals surface area contributed by atoms with E-state index in [1.54, 1.807) is 0 Å². The third-order valence-electron chi connectivity index (χ3n) is 2.70. The first kappa shape index (κ1) is 9.21. The molecule has 0 spiro atoms. The predicted molar refractivity (Wildman–Crippen MR) is 52.9 cm³/mol. The van der Waals surface area contributed by atoms with Gasteiger partial charge in [-0.05, 0) is 18.5 Å². The molecule has 3 heteroatoms. The number of carboxylic acids is 1. The van der Waals surface area contributed by atoms with Gasteiger partial charge in [0, 0.05) is 6.04 Å². The summed E-state index contributed by atoms with van der Waals surface area (Å²) in [6.07, 6.45) is 0.717. The molecule has 1 saturated heterocycles. The van der Waals surface area contributed by atoms with Crippen LogP contribution in [0.3, 0.4) is 0 Å². The van der Waals surface area contributed by atoms with Crippen LogP contribution in [0.15, 0.2) is 30.3 Å². The number of benzene rings is 1. The minimum Gasteiger partial charge on any atom is -0.481 e. The maximum atomic E-state index is 10.9. The Morgan fingerprint density at radius 2 is 2.07 bits per heavy atom. The second-order valence-electron chi connectivity index (χ2n) is 3.58. The van der Waals surface area contributed by atoms with E-state index in [0.29, 0.717) is 0 Å². The molecule has 1 aromatic carbocycles. The van der Waals surface area contributed by atoms with Gasteiger partial charge in [0.25, 0.3) is 0 Å². The van der Waals surface area contributed by atoms with E-state index < -0.39 is 5.97 Å². The highest BCUT2D eigenvalue weighted by Gasteiger charge is 2.33. The SMILES string of the molecule is O=C(O)[C@@H]1CCN[C@@H]1c1ccccc1. The molecule has 1 heterocycles. The summed E-state index contributed by atoms with van der Waals surface area (Å²) < 4.78 is 0. The molecule has 1 aliphatic rings. The smallest absolute Gasteiger partial charge is 0.308 e. The van der Waals surface area contributed by atoms with E-state index in [-0.39, 0.29) is 12.0 Å². The molecule has 2 N–H and O–H groups in total. The maximum Gasteiger partial charge on any atom is 0.308 e. The highest BCUT2D eigenvalue weighted by molar-refractivity contribution is 5.71. The summed E-state index contributed by atoms with van der Waals surface area (Å²) in [5.74, 6) is -0.985. The van der Waals surface area contributed by atoms with Gasteiger partial charge in [-0.2, -0.15) is 0 Å². The maximum absolute atomic E-state index is 10.9. The molecule has 0 radical (unpaired) electrons. The van der Waals surface area contributed by atoms with Crippen molar-refractivity contribution in [1.82, 2.24) is 5.32 Å². The second kappa shape index (κ2) is 3.80. The molecule has 1 fully saturated rings. The number of hydrogen-bond donors (Lipinski definition) is 2. The third-order valence-corrected chi connectivity index (χ3v) is 2.70. The summed E-state index contributed by atoms with van der Waals surface area (Å²) in [5, 5.41) is 12.2. The molecule has 0 unspecified atom stereocenters. The van der Waals surface area contributed by atoms with Crippen molar-refractivity contribution in [2.75, 3.05) is 6.54 Å². The van der Waals surface area contributed by atoms with Crippen LogP contribution >= 0.6 is 0 Å². The first-order chi connectivity index (χ1) is 6.79. The molecule has 2 atom stereocenters. The Hall–Kier alpha value is -1.35. The van der Waals surface area contributed by atoms with E-state index in [1.807, 2.05) is 30.3 Å². The average molecular weight is 191 g/mol. The summed E-state index contributed by atoms with van der Waals surface area (Å²) in [5.41, 5.74) is 1.07. The lowest BCUT2D eigenvalue weighted by atomic mass is 9.94. The van der Waals surface area contributed by atoms with Crippen LogP contribution < -0.4 is 5.32 Å². The quantitative estimate of drug-likeness (QED) is 0.743. The highest BCUT2D eigenvalue weighted by Crippen LogP contribution is 2.29. The minimum absolute atomic E-state index is 0.0197. The molecule has 2 rings (SSSR count). The standard InChI is InChI=1S/C11H13NO2/c13-11(14)9-6-7-12-10(9)8-4-2-1-3-5-8/h1-5,9-10,12H,6-7H2,(H,13,14)/t9-,10-/m1/s1. The third kappa shape index (κ3) is 1.63. The fourth-order valence-corrected chi connectivity index (χ4v) is 1.98. The molecular formula is C11H13NO2. The van der Waals surface area contributed by atoms with E-state index in [1.165, 1.54) is 0 Å². The molecule has 1 aliphatic heterocycles. The van der Waals surface area contributed by atoms with E-state index in [0.717, 1.165) is 18.5 Å². The molecule has 0 bridgehead atoms. The van der Waals surface area contributed by atoms with Crippen molar-refractivity contribution in [2.24, 2.45) is 5.92 Å². The largest absolute Gasteiger partial charge is 0.481 e. The van der Waals surface area contributed by atoms with Crippen molar-refractivity contribution in [2.45, 2.75) is 12.5 Å². The van der Waals surface area contributed by atoms with Crippen LogP contribution in [0.4, 0.5) is 0 Å². The number of carboxylic acid groups (broad SMARTS) is 1. The first-order valence-electron chi connectivity index (χ1n) is 4.80. The van der Waals surface area contributed by atoms with Gasteiger partial charge in [0.1, 0.15) is 0 Å². The Labute approximate surface area is 82.8 Å². The van der Waals surface area contributed by atoms with E-state index in [2.05, 4.69) is 5.32 Å². The van der Waals surface area contributed by atoms with Crippen molar-refractivity contribution in [3.63, 3.8) is 0 Å². The van der Waals surface area contributed by atoms with E-state index in [4.69, 9.17) is 5.11 Å². The lowest BCUT2D eigenvalue weighted by Gasteiger charge is -2.15. The Morgan fingerprint density at radius 1 is 1.36 bits per heavy atom. The van der Waals surface area contributed by atoms with Gasteiger partial charge >= 0.3 is 5.97 Å². The van der Waals surface area contributed by atoms with Crippen LogP contribution in [-0.2, 0) is 4.79 Å². The summed E-state index contributed by atoms with van der Waals surface area (Å²) in [4.78, 5) is 10.9. The fraction of sp³-hybridized carbons (Fsp3) is 0.364. The summed E-state index contributed by atoms with van der Waals surface area (Å²) in [6, 6.07) is 9.74. The number of rotatable bonds is 2. The molecule has 0 amide bonds. The Kier molecular flexibility index (Phi) is 2.50. The van der Waals surface area contributed by atoms with Crippen LogP contribution in [0.2, 0.25) is 0 Å². The van der Waals surface area contributed by atoms with Gasteiger partial charge < -0.3 is 10.4 Å². The Morgan fingerprint density at radius 3 is 2.71 bits per heavy atom. The molecule has 0 aliphatic carbocycles. The molecule has 74 valence electrons. The zero-order valence-corrected chi connectivity index (χ0v) is 7.81. The fourth-order valence-electron chi connectivity index (χ4n) is 1.98. The van der Waals surface area contributed by atoms with Crippen molar-refractivity contribution in [1.29, 1.82) is 0 Å². The molecule has 1 aromatic rings. The van der Waals surface area contributed by atoms with Gasteiger partial charge in [-0.1, -0.05) is 30.3 Å². The van der Waals surface area contributed by atoms with Crippen molar-refractivity contribution in [3.05, 3.63) is 35.9 Å². The van der Waals surface area contributed by atoms with Crippen LogP contribution in [0.25, 0.3) is 0 Å². The predicted octanol–water partition coefficient (Wildman–Crippen LogP) is 1.42. The van der Waals surface area contributed by atoms with Gasteiger partial charge in [0.15, 0.2) is 0 Å². The topological polar surface area (TPSA) is 49.3 Å². The molecule has 14 heavy (non-hydrogen) atoms. The number of carbonyl (C=O) groups is 1. The minimum atomic E-state index is -0.705. The van der Waals surface area contributed by atoms with Crippen molar-refractivity contribution < 1.29 is 9.90 Å². The zero-order valence-electron chi connectivity index (χ0n) is 7.81. The van der Waals surface area contributed by atoms with Crippen LogP contribution in [0.5, 0.6) is 0 Å². The van der Waals surface area contributed by atoms with E-state index in [9.17, 15) is 4.79 Å². The number of nitrogens with one attached hydrogen (secondary N) is 1. The van der Waals surface area contributed by atoms with Gasteiger partial charge in [-0.15, -0.1) is 0 Å². The van der Waals surface area contributed by atoms with Crippen molar-refractivity contribution in [3.8, 4) is 0 Å². The normalized spacial score (nSPS) is 26.3. The molecule has 0 aromatic heterocycles. The monoisotopic (exact) mass is 191 g/mol. The summed E-state index contributed by atoms with van der Waals surface area (Å²) >= 11 is 0. The molecule has 3 nitrogen and oxygen atoms in total. The van der Waals surface area contributed by atoms with Gasteiger partial charge in [0.2, 0.25) is 0 Å². The van der Waals surface area contributed by atoms with Gasteiger partial charge in [-0.25, -0.2) is 0 Å². The number of aliphatic carboxylic acids is 1. The Balaban J connectivity index is 2.22. The molecular weight excluding hydrogens is 178 g/mol. The summed E-state index contributed by atoms with van der Waals surface area (Å²) in [7, 11) is 0. The van der Waals surface area contributed by atoms with Crippen LogP contribution in [0, 0.1) is 5.92 Å². The Bertz CT molecular complexity index is 323. The van der Waals surface area contributed by atoms with Gasteiger partial charge in [-0.3, -0.25) is 4.79 Å². The lowest BCUT2D eigenvalue weighted by molar-refractivity contribution is -0.142. The average Bonchev–Trinajstić information content (AvgIpc) is 2.67. The molecule has 0 saturated carbocycles. The zero-order chi connectivity index (χ0) is 9.97. The van der Waals surface area contributed by atoms with E-state index >= 15 is 0 Å². The lowest BCUT2D eigenvalue weighted by Crippen LogP contribution is -2.23.